The normalized spacial score (nSPS) is 10.3. The van der Waals surface area contributed by atoms with Crippen LogP contribution in [0.2, 0.25) is 0 Å². The van der Waals surface area contributed by atoms with Gasteiger partial charge in [0.1, 0.15) is 0 Å². The molecule has 0 amide bonds. The second-order valence-electron chi connectivity index (χ2n) is 4.81. The molecule has 3 heteroatoms. The second-order valence-corrected chi connectivity index (χ2v) is 4.81. The predicted molar refractivity (Wildman–Crippen MR) is 75.3 cm³/mol. The number of ketones is 1. The number of hydrogen-bond donors (Lipinski definition) is 0. The van der Waals surface area contributed by atoms with Crippen LogP contribution in [0.25, 0.3) is 0 Å². The standard InChI is InChI=1S/C16H22O3/c1-4-19-16(18)8-6-5-7-15(17)14-10-12(2)9-13(3)11-14/h9-11H,4-8H2,1-3H3. The summed E-state index contributed by atoms with van der Waals surface area (Å²) in [6, 6.07) is 5.89. The molecule has 0 aromatic heterocycles. The fourth-order valence-corrected chi connectivity index (χ4v) is 2.07. The summed E-state index contributed by atoms with van der Waals surface area (Å²) >= 11 is 0. The van der Waals surface area contributed by atoms with E-state index in [1.54, 1.807) is 6.92 Å². The SMILES string of the molecule is CCOC(=O)CCCCC(=O)c1cc(C)cc(C)c1. The first kappa shape index (κ1) is 15.4. The number of ether oxygens (including phenoxy) is 1. The number of aryl methyl sites for hydroxylation is 2. The third-order valence-electron chi connectivity index (χ3n) is 2.88. The third kappa shape index (κ3) is 5.69. The van der Waals surface area contributed by atoms with Gasteiger partial charge in [-0.15, -0.1) is 0 Å². The van der Waals surface area contributed by atoms with Gasteiger partial charge in [-0.25, -0.2) is 0 Å². The van der Waals surface area contributed by atoms with E-state index in [1.165, 1.54) is 0 Å². The van der Waals surface area contributed by atoms with Crippen LogP contribution in [0.4, 0.5) is 0 Å². The van der Waals surface area contributed by atoms with Crippen LogP contribution in [0.15, 0.2) is 18.2 Å². The topological polar surface area (TPSA) is 43.4 Å². The summed E-state index contributed by atoms with van der Waals surface area (Å²) in [4.78, 5) is 23.1. The quantitative estimate of drug-likeness (QED) is 0.428. The highest BCUT2D eigenvalue weighted by molar-refractivity contribution is 5.96. The molecule has 0 aliphatic carbocycles. The zero-order valence-electron chi connectivity index (χ0n) is 12.0. The zero-order chi connectivity index (χ0) is 14.3. The van der Waals surface area contributed by atoms with Crippen molar-refractivity contribution in [2.75, 3.05) is 6.61 Å². The van der Waals surface area contributed by atoms with Gasteiger partial charge in [-0.1, -0.05) is 17.2 Å². The number of esters is 1. The summed E-state index contributed by atoms with van der Waals surface area (Å²) in [6.07, 6.45) is 2.32. The van der Waals surface area contributed by atoms with Gasteiger partial charge >= 0.3 is 5.97 Å². The molecule has 0 atom stereocenters. The van der Waals surface area contributed by atoms with Crippen molar-refractivity contribution >= 4 is 11.8 Å². The molecular weight excluding hydrogens is 240 g/mol. The van der Waals surface area contributed by atoms with Gasteiger partial charge in [0.15, 0.2) is 5.78 Å². The number of carbonyl (C=O) groups is 2. The number of benzene rings is 1. The molecular formula is C16H22O3. The highest BCUT2D eigenvalue weighted by atomic mass is 16.5. The van der Waals surface area contributed by atoms with Crippen molar-refractivity contribution in [3.05, 3.63) is 34.9 Å². The van der Waals surface area contributed by atoms with E-state index in [0.29, 0.717) is 25.9 Å². The van der Waals surface area contributed by atoms with Crippen LogP contribution < -0.4 is 0 Å². The van der Waals surface area contributed by atoms with Crippen molar-refractivity contribution in [3.63, 3.8) is 0 Å². The Morgan fingerprint density at radius 2 is 1.58 bits per heavy atom. The maximum Gasteiger partial charge on any atom is 0.305 e. The van der Waals surface area contributed by atoms with Gasteiger partial charge in [0.2, 0.25) is 0 Å². The number of hydrogen-bond acceptors (Lipinski definition) is 3. The molecule has 1 rings (SSSR count). The van der Waals surface area contributed by atoms with Crippen LogP contribution in [0, 0.1) is 13.8 Å². The number of rotatable bonds is 7. The molecule has 0 saturated heterocycles. The smallest absolute Gasteiger partial charge is 0.305 e. The zero-order valence-corrected chi connectivity index (χ0v) is 12.0. The lowest BCUT2D eigenvalue weighted by molar-refractivity contribution is -0.143. The average molecular weight is 262 g/mol. The molecule has 0 unspecified atom stereocenters. The van der Waals surface area contributed by atoms with Gasteiger partial charge < -0.3 is 4.74 Å². The van der Waals surface area contributed by atoms with Crippen LogP contribution in [-0.4, -0.2) is 18.4 Å². The Morgan fingerprint density at radius 3 is 2.16 bits per heavy atom. The van der Waals surface area contributed by atoms with Crippen LogP contribution in [0.1, 0.15) is 54.1 Å². The molecule has 0 radical (unpaired) electrons. The van der Waals surface area contributed by atoms with Crippen LogP contribution in [0.3, 0.4) is 0 Å². The Morgan fingerprint density at radius 1 is 1.00 bits per heavy atom. The molecule has 1 aromatic carbocycles. The Balaban J connectivity index is 2.37. The minimum Gasteiger partial charge on any atom is -0.466 e. The van der Waals surface area contributed by atoms with Crippen LogP contribution in [0.5, 0.6) is 0 Å². The Labute approximate surface area is 115 Å². The summed E-state index contributed by atoms with van der Waals surface area (Å²) in [7, 11) is 0. The molecule has 0 spiro atoms. The predicted octanol–water partition coefficient (Wildman–Crippen LogP) is 3.61. The summed E-state index contributed by atoms with van der Waals surface area (Å²) in [5.74, 6) is -0.0305. The highest BCUT2D eigenvalue weighted by Gasteiger charge is 2.08. The molecule has 104 valence electrons. The van der Waals surface area contributed by atoms with Crippen molar-refractivity contribution < 1.29 is 14.3 Å². The molecule has 0 aliphatic heterocycles. The van der Waals surface area contributed by atoms with Gasteiger partial charge in [0, 0.05) is 18.4 Å². The minimum absolute atomic E-state index is 0.149. The monoisotopic (exact) mass is 262 g/mol. The van der Waals surface area contributed by atoms with E-state index in [2.05, 4.69) is 6.07 Å². The molecule has 3 nitrogen and oxygen atoms in total. The summed E-state index contributed by atoms with van der Waals surface area (Å²) in [6.45, 7) is 6.19. The van der Waals surface area contributed by atoms with E-state index in [0.717, 1.165) is 23.1 Å². The maximum atomic E-state index is 12.0. The van der Waals surface area contributed by atoms with Crippen molar-refractivity contribution in [3.8, 4) is 0 Å². The molecule has 0 N–H and O–H groups in total. The molecule has 0 fully saturated rings. The van der Waals surface area contributed by atoms with E-state index in [4.69, 9.17) is 4.74 Å². The van der Waals surface area contributed by atoms with Crippen LogP contribution >= 0.6 is 0 Å². The molecule has 0 aliphatic rings. The maximum absolute atomic E-state index is 12.0. The molecule has 0 heterocycles. The number of Topliss-reactive ketones (excluding diaryl/α,β-unsaturated/α-hetero) is 1. The van der Waals surface area contributed by atoms with Gasteiger partial charge in [-0.2, -0.15) is 0 Å². The lowest BCUT2D eigenvalue weighted by Gasteiger charge is -2.04. The first-order valence-corrected chi connectivity index (χ1v) is 6.80. The van der Waals surface area contributed by atoms with Crippen molar-refractivity contribution in [2.24, 2.45) is 0 Å². The number of unbranched alkanes of at least 4 members (excludes halogenated alkanes) is 1. The first-order valence-electron chi connectivity index (χ1n) is 6.80. The first-order chi connectivity index (χ1) is 9.02. The van der Waals surface area contributed by atoms with Crippen molar-refractivity contribution in [2.45, 2.75) is 46.5 Å². The van der Waals surface area contributed by atoms with Crippen LogP contribution in [-0.2, 0) is 9.53 Å². The molecule has 19 heavy (non-hydrogen) atoms. The Kier molecular flexibility index (Phi) is 6.26. The van der Waals surface area contributed by atoms with Gasteiger partial charge in [0.05, 0.1) is 6.61 Å². The average Bonchev–Trinajstić information content (AvgIpc) is 2.33. The second kappa shape index (κ2) is 7.72. The minimum atomic E-state index is -0.179. The Hall–Kier alpha value is -1.64. The molecule has 0 bridgehead atoms. The molecule has 1 aromatic rings. The van der Waals surface area contributed by atoms with Gasteiger partial charge in [-0.05, 0) is 45.7 Å². The van der Waals surface area contributed by atoms with E-state index in [1.807, 2.05) is 26.0 Å². The lowest BCUT2D eigenvalue weighted by Crippen LogP contribution is -2.04. The van der Waals surface area contributed by atoms with E-state index < -0.39 is 0 Å². The number of carbonyl (C=O) groups excluding carboxylic acids is 2. The highest BCUT2D eigenvalue weighted by Crippen LogP contribution is 2.13. The van der Waals surface area contributed by atoms with E-state index in [9.17, 15) is 9.59 Å². The fraction of sp³-hybridized carbons (Fsp3) is 0.500. The summed E-state index contributed by atoms with van der Waals surface area (Å²) in [5.41, 5.74) is 2.98. The largest absolute Gasteiger partial charge is 0.466 e. The van der Waals surface area contributed by atoms with E-state index in [-0.39, 0.29) is 11.8 Å². The Bertz CT molecular complexity index is 429. The summed E-state index contributed by atoms with van der Waals surface area (Å²) in [5, 5.41) is 0. The third-order valence-corrected chi connectivity index (χ3v) is 2.88. The molecule has 0 saturated carbocycles. The van der Waals surface area contributed by atoms with Crippen molar-refractivity contribution in [1.82, 2.24) is 0 Å². The lowest BCUT2D eigenvalue weighted by atomic mass is 10.0. The summed E-state index contributed by atoms with van der Waals surface area (Å²) < 4.78 is 4.84. The van der Waals surface area contributed by atoms with Crippen molar-refractivity contribution in [1.29, 1.82) is 0 Å². The van der Waals surface area contributed by atoms with Gasteiger partial charge in [-0.3, -0.25) is 9.59 Å². The fourth-order valence-electron chi connectivity index (χ4n) is 2.07. The van der Waals surface area contributed by atoms with Gasteiger partial charge in [0.25, 0.3) is 0 Å². The van der Waals surface area contributed by atoms with E-state index >= 15 is 0 Å².